The highest BCUT2D eigenvalue weighted by Crippen LogP contribution is 2.49. The van der Waals surface area contributed by atoms with Gasteiger partial charge in [-0.05, 0) is 68.2 Å². The van der Waals surface area contributed by atoms with E-state index in [4.69, 9.17) is 0 Å². The predicted octanol–water partition coefficient (Wildman–Crippen LogP) is 6.48. The van der Waals surface area contributed by atoms with Gasteiger partial charge in [0.1, 0.15) is 5.82 Å². The standard InChI is InChI=1S/C29H29N3O2S2/c1-16-10-11-24(30-15-16)32-28(34)25-18(3)31-22-13-20(19-8-6-5-7-9-19)14-23(33)27(22)26(25)21-12-17(2)36-29(21)35-4/h5-12,15,20,26,31H,13-14H2,1-4H3,(H,30,32,34)/t20-,26-/m0/s1. The Morgan fingerprint density at radius 2 is 1.89 bits per heavy atom. The molecule has 2 N–H and O–H groups in total. The first-order valence-electron chi connectivity index (χ1n) is 12.0. The number of allylic oxidation sites excluding steroid dienone is 3. The molecule has 2 aliphatic rings. The summed E-state index contributed by atoms with van der Waals surface area (Å²) in [6.45, 7) is 5.97. The number of aromatic nitrogens is 1. The van der Waals surface area contributed by atoms with Gasteiger partial charge in [0, 0.05) is 46.0 Å². The molecular formula is C29H29N3O2S2. The maximum Gasteiger partial charge on any atom is 0.255 e. The van der Waals surface area contributed by atoms with Crippen molar-refractivity contribution >= 4 is 40.6 Å². The Bertz CT molecular complexity index is 1390. The second kappa shape index (κ2) is 10.1. The van der Waals surface area contributed by atoms with Gasteiger partial charge in [-0.1, -0.05) is 36.4 Å². The summed E-state index contributed by atoms with van der Waals surface area (Å²) in [5.41, 5.74) is 6.24. The molecule has 36 heavy (non-hydrogen) atoms. The summed E-state index contributed by atoms with van der Waals surface area (Å²) in [4.78, 5) is 33.1. The predicted molar refractivity (Wildman–Crippen MR) is 147 cm³/mol. The monoisotopic (exact) mass is 515 g/mol. The van der Waals surface area contributed by atoms with Crippen LogP contribution in [-0.2, 0) is 9.59 Å². The van der Waals surface area contributed by atoms with Gasteiger partial charge >= 0.3 is 0 Å². The fourth-order valence-corrected chi connectivity index (χ4v) is 7.12. The highest BCUT2D eigenvalue weighted by molar-refractivity contribution is 8.00. The number of benzene rings is 1. The molecular weight excluding hydrogens is 486 g/mol. The SMILES string of the molecule is CSc1sc(C)cc1[C@H]1C(C(=O)Nc2ccc(C)cn2)=C(C)NC2=C1C(=O)C[C@@H](c1ccccc1)C2. The molecule has 0 unspecified atom stereocenters. The Morgan fingerprint density at radius 3 is 2.58 bits per heavy atom. The minimum Gasteiger partial charge on any atom is -0.362 e. The number of anilines is 1. The Balaban J connectivity index is 1.58. The molecule has 1 aliphatic heterocycles. The molecule has 5 nitrogen and oxygen atoms in total. The second-order valence-electron chi connectivity index (χ2n) is 9.41. The molecule has 3 heterocycles. The lowest BCUT2D eigenvalue weighted by molar-refractivity contribution is -0.116. The zero-order valence-corrected chi connectivity index (χ0v) is 22.5. The molecule has 0 bridgehead atoms. The molecule has 184 valence electrons. The van der Waals surface area contributed by atoms with E-state index in [1.165, 1.54) is 5.56 Å². The third-order valence-electron chi connectivity index (χ3n) is 6.84. The number of amides is 1. The molecule has 0 fully saturated rings. The summed E-state index contributed by atoms with van der Waals surface area (Å²) in [5, 5.41) is 6.45. The highest BCUT2D eigenvalue weighted by atomic mass is 32.2. The quantitative estimate of drug-likeness (QED) is 0.381. The van der Waals surface area contributed by atoms with E-state index in [1.54, 1.807) is 35.4 Å². The number of Topliss-reactive ketones (excluding diaryl/α,β-unsaturated/α-hetero) is 1. The number of dihydropyridines is 1. The Morgan fingerprint density at radius 1 is 1.11 bits per heavy atom. The highest BCUT2D eigenvalue weighted by Gasteiger charge is 2.42. The van der Waals surface area contributed by atoms with Gasteiger partial charge in [-0.3, -0.25) is 9.59 Å². The molecule has 0 saturated heterocycles. The van der Waals surface area contributed by atoms with Crippen LogP contribution in [0.3, 0.4) is 0 Å². The first kappa shape index (κ1) is 24.5. The first-order valence-corrected chi connectivity index (χ1v) is 14.1. The summed E-state index contributed by atoms with van der Waals surface area (Å²) >= 11 is 3.37. The zero-order valence-electron chi connectivity index (χ0n) is 20.8. The van der Waals surface area contributed by atoms with Gasteiger partial charge < -0.3 is 10.6 Å². The molecule has 2 atom stereocenters. The van der Waals surface area contributed by atoms with Crippen molar-refractivity contribution in [2.24, 2.45) is 0 Å². The largest absolute Gasteiger partial charge is 0.362 e. The number of carbonyl (C=O) groups excluding carboxylic acids is 2. The molecule has 5 rings (SSSR count). The van der Waals surface area contributed by atoms with Gasteiger partial charge in [-0.2, -0.15) is 0 Å². The lowest BCUT2D eigenvalue weighted by Crippen LogP contribution is -2.37. The number of ketones is 1. The number of carbonyl (C=O) groups is 2. The van der Waals surface area contributed by atoms with Crippen molar-refractivity contribution in [3.8, 4) is 0 Å². The smallest absolute Gasteiger partial charge is 0.255 e. The van der Waals surface area contributed by atoms with Crippen molar-refractivity contribution in [3.05, 3.63) is 98.8 Å². The third-order valence-corrected chi connectivity index (χ3v) is 9.06. The Hall–Kier alpha value is -3.16. The van der Waals surface area contributed by atoms with E-state index in [1.807, 2.05) is 44.4 Å². The number of thiophene rings is 1. The number of thioether (sulfide) groups is 1. The van der Waals surface area contributed by atoms with E-state index >= 15 is 0 Å². The second-order valence-corrected chi connectivity index (χ2v) is 11.7. The topological polar surface area (TPSA) is 71.1 Å². The molecule has 7 heteroatoms. The summed E-state index contributed by atoms with van der Waals surface area (Å²) in [7, 11) is 0. The minimum atomic E-state index is -0.414. The van der Waals surface area contributed by atoms with E-state index in [-0.39, 0.29) is 17.6 Å². The molecule has 3 aromatic rings. The number of pyridine rings is 1. The van der Waals surface area contributed by atoms with Crippen molar-refractivity contribution in [2.45, 2.75) is 49.7 Å². The van der Waals surface area contributed by atoms with Crippen LogP contribution in [0.25, 0.3) is 0 Å². The molecule has 0 saturated carbocycles. The lowest BCUT2D eigenvalue weighted by atomic mass is 9.72. The van der Waals surface area contributed by atoms with Crippen LogP contribution in [0.4, 0.5) is 5.82 Å². The summed E-state index contributed by atoms with van der Waals surface area (Å²) in [5.74, 6) is 0.0692. The van der Waals surface area contributed by atoms with Crippen LogP contribution in [-0.4, -0.2) is 22.9 Å². The van der Waals surface area contributed by atoms with E-state index in [9.17, 15) is 9.59 Å². The average molecular weight is 516 g/mol. The van der Waals surface area contributed by atoms with Crippen molar-refractivity contribution < 1.29 is 9.59 Å². The molecule has 2 aromatic heterocycles. The fourth-order valence-electron chi connectivity index (χ4n) is 5.21. The molecule has 1 amide bonds. The van der Waals surface area contributed by atoms with E-state index in [0.717, 1.165) is 43.6 Å². The van der Waals surface area contributed by atoms with Crippen molar-refractivity contribution in [1.82, 2.24) is 10.3 Å². The maximum atomic E-state index is 13.8. The van der Waals surface area contributed by atoms with Gasteiger partial charge in [0.25, 0.3) is 5.91 Å². The third kappa shape index (κ3) is 4.65. The van der Waals surface area contributed by atoms with E-state index in [2.05, 4.69) is 40.7 Å². The van der Waals surface area contributed by atoms with Crippen LogP contribution in [0.15, 0.2) is 81.5 Å². The molecule has 0 spiro atoms. The van der Waals surface area contributed by atoms with Crippen LogP contribution in [0.1, 0.15) is 53.2 Å². The maximum absolute atomic E-state index is 13.8. The van der Waals surface area contributed by atoms with E-state index < -0.39 is 5.92 Å². The van der Waals surface area contributed by atoms with Crippen LogP contribution >= 0.6 is 23.1 Å². The van der Waals surface area contributed by atoms with Crippen LogP contribution < -0.4 is 10.6 Å². The minimum absolute atomic E-state index is 0.102. The Labute approximate surface area is 220 Å². The number of rotatable bonds is 5. The van der Waals surface area contributed by atoms with Gasteiger partial charge in [0.2, 0.25) is 0 Å². The molecule has 1 aromatic carbocycles. The summed E-state index contributed by atoms with van der Waals surface area (Å²) < 4.78 is 1.13. The van der Waals surface area contributed by atoms with Crippen LogP contribution in [0.5, 0.6) is 0 Å². The molecule has 1 aliphatic carbocycles. The van der Waals surface area contributed by atoms with Gasteiger partial charge in [0.05, 0.1) is 4.21 Å². The van der Waals surface area contributed by atoms with Gasteiger partial charge in [0.15, 0.2) is 5.78 Å². The van der Waals surface area contributed by atoms with E-state index in [0.29, 0.717) is 17.8 Å². The summed E-state index contributed by atoms with van der Waals surface area (Å²) in [6.07, 6.45) is 4.96. The average Bonchev–Trinajstić information content (AvgIpc) is 3.25. The van der Waals surface area contributed by atoms with Crippen LogP contribution in [0.2, 0.25) is 0 Å². The number of hydrogen-bond acceptors (Lipinski definition) is 6. The molecule has 0 radical (unpaired) electrons. The number of nitrogens with one attached hydrogen (secondary N) is 2. The van der Waals surface area contributed by atoms with Gasteiger partial charge in [-0.15, -0.1) is 23.1 Å². The summed E-state index contributed by atoms with van der Waals surface area (Å²) in [6, 6.07) is 16.1. The Kier molecular flexibility index (Phi) is 6.86. The van der Waals surface area contributed by atoms with Crippen molar-refractivity contribution in [1.29, 1.82) is 0 Å². The number of aryl methyl sites for hydroxylation is 2. The lowest BCUT2D eigenvalue weighted by Gasteiger charge is -2.37. The van der Waals surface area contributed by atoms with Crippen molar-refractivity contribution in [2.75, 3.05) is 11.6 Å². The number of nitrogens with zero attached hydrogens (tertiary/aromatic N) is 1. The zero-order chi connectivity index (χ0) is 25.4. The normalized spacial score (nSPS) is 19.7. The van der Waals surface area contributed by atoms with Gasteiger partial charge in [-0.25, -0.2) is 4.98 Å². The first-order chi connectivity index (χ1) is 17.4. The fraction of sp³-hybridized carbons (Fsp3) is 0.276. The van der Waals surface area contributed by atoms with Crippen molar-refractivity contribution in [3.63, 3.8) is 0 Å². The van der Waals surface area contributed by atoms with Crippen LogP contribution in [0, 0.1) is 13.8 Å². The number of hydrogen-bond donors (Lipinski definition) is 2.